The number of benzene rings is 2. The summed E-state index contributed by atoms with van der Waals surface area (Å²) in [5.74, 6) is 2.24. The van der Waals surface area contributed by atoms with E-state index in [1.54, 1.807) is 11.6 Å². The first-order valence-corrected chi connectivity index (χ1v) is 13.4. The first kappa shape index (κ1) is 24.2. The van der Waals surface area contributed by atoms with Crippen LogP contribution in [0.3, 0.4) is 0 Å². The standard InChI is InChI=1S/C28H31ClN4O4/c1-4-18-12-17(27-30-22-11-16(2)5-6-24(22)37-27)7-9-33(18)26-20-13-21(29)25(36-19-8-10-35-15-19)14-23(20)32(3)28(34)31-26/h5-6,11,13-14,17-19H,4,7-10,12,15H2,1-3H3/t17-,18+,19?/m1/s1. The lowest BCUT2D eigenvalue weighted by Gasteiger charge is -2.39. The quantitative estimate of drug-likeness (QED) is 0.348. The molecule has 194 valence electrons. The van der Waals surface area contributed by atoms with Crippen molar-refractivity contribution in [3.63, 3.8) is 0 Å². The van der Waals surface area contributed by atoms with Gasteiger partial charge in [0.25, 0.3) is 0 Å². The van der Waals surface area contributed by atoms with Crippen LogP contribution in [0, 0.1) is 6.92 Å². The summed E-state index contributed by atoms with van der Waals surface area (Å²) in [6.07, 6.45) is 3.42. The molecule has 0 radical (unpaired) electrons. The molecule has 0 bridgehead atoms. The van der Waals surface area contributed by atoms with Crippen LogP contribution in [0.25, 0.3) is 22.0 Å². The molecule has 3 atom stereocenters. The average molecular weight is 523 g/mol. The van der Waals surface area contributed by atoms with Crippen LogP contribution in [0.2, 0.25) is 5.02 Å². The molecule has 6 rings (SSSR count). The Labute approximate surface area is 220 Å². The molecule has 2 aromatic heterocycles. The van der Waals surface area contributed by atoms with Gasteiger partial charge in [-0.25, -0.2) is 9.78 Å². The summed E-state index contributed by atoms with van der Waals surface area (Å²) < 4.78 is 19.2. The lowest BCUT2D eigenvalue weighted by Crippen LogP contribution is -2.43. The second kappa shape index (κ2) is 9.65. The van der Waals surface area contributed by atoms with E-state index >= 15 is 0 Å². The summed E-state index contributed by atoms with van der Waals surface area (Å²) in [5.41, 5.74) is 3.35. The summed E-state index contributed by atoms with van der Waals surface area (Å²) in [4.78, 5) is 24.5. The van der Waals surface area contributed by atoms with Crippen molar-refractivity contribution in [3.8, 4) is 5.75 Å². The number of aromatic nitrogens is 3. The summed E-state index contributed by atoms with van der Waals surface area (Å²) in [6, 6.07) is 10.0. The van der Waals surface area contributed by atoms with Crippen molar-refractivity contribution in [2.45, 2.75) is 57.6 Å². The Morgan fingerprint density at radius 1 is 1.19 bits per heavy atom. The maximum atomic E-state index is 13.0. The van der Waals surface area contributed by atoms with E-state index in [2.05, 4.69) is 29.8 Å². The molecule has 4 aromatic rings. The molecule has 0 amide bonds. The third-order valence-electron chi connectivity index (χ3n) is 7.69. The van der Waals surface area contributed by atoms with Gasteiger partial charge < -0.3 is 18.8 Å². The van der Waals surface area contributed by atoms with E-state index in [4.69, 9.17) is 30.5 Å². The minimum absolute atomic E-state index is 0.0347. The van der Waals surface area contributed by atoms with Gasteiger partial charge in [0.2, 0.25) is 0 Å². The van der Waals surface area contributed by atoms with Gasteiger partial charge in [0, 0.05) is 43.4 Å². The molecule has 2 fully saturated rings. The molecule has 0 spiro atoms. The number of hydrogen-bond donors (Lipinski definition) is 0. The molecule has 9 heteroatoms. The zero-order valence-electron chi connectivity index (χ0n) is 21.4. The highest BCUT2D eigenvalue weighted by Gasteiger charge is 2.33. The van der Waals surface area contributed by atoms with Gasteiger partial charge in [-0.15, -0.1) is 0 Å². The molecule has 0 aliphatic carbocycles. The largest absolute Gasteiger partial charge is 0.486 e. The van der Waals surface area contributed by atoms with E-state index in [-0.39, 0.29) is 23.8 Å². The summed E-state index contributed by atoms with van der Waals surface area (Å²) >= 11 is 6.69. The van der Waals surface area contributed by atoms with Crippen LogP contribution >= 0.6 is 11.6 Å². The maximum Gasteiger partial charge on any atom is 0.349 e. The fraction of sp³-hybridized carbons (Fsp3) is 0.464. The number of nitrogens with zero attached hydrogens (tertiary/aromatic N) is 4. The van der Waals surface area contributed by atoms with Crippen LogP contribution in [0.4, 0.5) is 5.82 Å². The van der Waals surface area contributed by atoms with Crippen LogP contribution in [-0.4, -0.2) is 46.4 Å². The summed E-state index contributed by atoms with van der Waals surface area (Å²) in [6.45, 7) is 6.19. The number of rotatable bonds is 5. The van der Waals surface area contributed by atoms with E-state index in [9.17, 15) is 4.79 Å². The van der Waals surface area contributed by atoms with Gasteiger partial charge in [-0.3, -0.25) is 4.57 Å². The Hall–Kier alpha value is -3.10. The molecule has 2 aliphatic rings. The molecule has 0 N–H and O–H groups in total. The number of anilines is 1. The van der Waals surface area contributed by atoms with E-state index in [1.165, 1.54) is 5.56 Å². The lowest BCUT2D eigenvalue weighted by atomic mass is 9.89. The van der Waals surface area contributed by atoms with Gasteiger partial charge in [-0.1, -0.05) is 24.6 Å². The zero-order chi connectivity index (χ0) is 25.7. The first-order chi connectivity index (χ1) is 17.9. The second-order valence-electron chi connectivity index (χ2n) is 10.2. The fourth-order valence-corrected chi connectivity index (χ4v) is 5.80. The predicted octanol–water partition coefficient (Wildman–Crippen LogP) is 5.37. The summed E-state index contributed by atoms with van der Waals surface area (Å²) in [5, 5.41) is 1.35. The van der Waals surface area contributed by atoms with Gasteiger partial charge in [-0.2, -0.15) is 4.98 Å². The monoisotopic (exact) mass is 522 g/mol. The smallest absolute Gasteiger partial charge is 0.349 e. The van der Waals surface area contributed by atoms with Crippen molar-refractivity contribution in [2.75, 3.05) is 24.7 Å². The average Bonchev–Trinajstić information content (AvgIpc) is 3.56. The number of hydrogen-bond acceptors (Lipinski definition) is 7. The molecule has 1 unspecified atom stereocenters. The van der Waals surface area contributed by atoms with Crippen molar-refractivity contribution in [1.29, 1.82) is 0 Å². The number of piperidine rings is 1. The van der Waals surface area contributed by atoms with Crippen molar-refractivity contribution in [2.24, 2.45) is 7.05 Å². The first-order valence-electron chi connectivity index (χ1n) is 13.0. The molecular weight excluding hydrogens is 492 g/mol. The Morgan fingerprint density at radius 3 is 2.84 bits per heavy atom. The fourth-order valence-electron chi connectivity index (χ4n) is 5.59. The van der Waals surface area contributed by atoms with Gasteiger partial charge >= 0.3 is 5.69 Å². The minimum Gasteiger partial charge on any atom is -0.486 e. The van der Waals surface area contributed by atoms with Crippen molar-refractivity contribution in [3.05, 3.63) is 57.3 Å². The van der Waals surface area contributed by atoms with E-state index in [0.29, 0.717) is 29.8 Å². The van der Waals surface area contributed by atoms with E-state index in [0.717, 1.165) is 60.1 Å². The summed E-state index contributed by atoms with van der Waals surface area (Å²) in [7, 11) is 1.73. The number of halogens is 1. The minimum atomic E-state index is -0.300. The topological polar surface area (TPSA) is 82.6 Å². The Bertz CT molecular complexity index is 1520. The number of fused-ring (bicyclic) bond motifs is 2. The van der Waals surface area contributed by atoms with Crippen LogP contribution < -0.4 is 15.3 Å². The Kier molecular flexibility index (Phi) is 6.32. The van der Waals surface area contributed by atoms with Crippen LogP contribution in [0.15, 0.2) is 39.5 Å². The van der Waals surface area contributed by atoms with Crippen LogP contribution in [-0.2, 0) is 11.8 Å². The Balaban J connectivity index is 1.33. The molecular formula is C28H31ClN4O4. The lowest BCUT2D eigenvalue weighted by molar-refractivity contribution is 0.141. The van der Waals surface area contributed by atoms with Crippen molar-refractivity contribution in [1.82, 2.24) is 14.5 Å². The van der Waals surface area contributed by atoms with E-state index < -0.39 is 0 Å². The third kappa shape index (κ3) is 4.46. The van der Waals surface area contributed by atoms with Gasteiger partial charge in [0.05, 0.1) is 23.8 Å². The van der Waals surface area contributed by atoms with Gasteiger partial charge in [-0.05, 0) is 49.9 Å². The SMILES string of the molecule is CC[C@H]1C[C@H](c2nc3cc(C)ccc3o2)CCN1c1nc(=O)n(C)c2cc(OC3CCOC3)c(Cl)cc12. The third-order valence-corrected chi connectivity index (χ3v) is 7.99. The van der Waals surface area contributed by atoms with Crippen molar-refractivity contribution >= 4 is 39.4 Å². The molecule has 0 saturated carbocycles. The highest BCUT2D eigenvalue weighted by atomic mass is 35.5. The molecule has 2 aromatic carbocycles. The zero-order valence-corrected chi connectivity index (χ0v) is 22.1. The molecule has 8 nitrogen and oxygen atoms in total. The van der Waals surface area contributed by atoms with E-state index in [1.807, 2.05) is 24.3 Å². The molecule has 4 heterocycles. The van der Waals surface area contributed by atoms with Gasteiger partial charge in [0.1, 0.15) is 23.2 Å². The molecule has 2 aliphatic heterocycles. The van der Waals surface area contributed by atoms with Crippen LogP contribution in [0.1, 0.15) is 50.0 Å². The number of ether oxygens (including phenoxy) is 2. The highest BCUT2D eigenvalue weighted by Crippen LogP contribution is 2.39. The number of aryl methyl sites for hydroxylation is 2. The normalized spacial score (nSPS) is 22.3. The maximum absolute atomic E-state index is 13.0. The Morgan fingerprint density at radius 2 is 2.05 bits per heavy atom. The van der Waals surface area contributed by atoms with Gasteiger partial charge in [0.15, 0.2) is 11.5 Å². The highest BCUT2D eigenvalue weighted by molar-refractivity contribution is 6.33. The van der Waals surface area contributed by atoms with Crippen molar-refractivity contribution < 1.29 is 13.9 Å². The predicted molar refractivity (Wildman–Crippen MR) is 144 cm³/mol. The molecule has 2 saturated heterocycles. The van der Waals surface area contributed by atoms with Crippen LogP contribution in [0.5, 0.6) is 5.75 Å². The number of oxazole rings is 1. The molecule has 37 heavy (non-hydrogen) atoms. The second-order valence-corrected chi connectivity index (χ2v) is 10.6.